The summed E-state index contributed by atoms with van der Waals surface area (Å²) in [6, 6.07) is 6.10. The molecule has 0 amide bonds. The molecule has 4 aliphatic rings. The number of aryl methyl sites for hydroxylation is 1. The summed E-state index contributed by atoms with van der Waals surface area (Å²) in [6.07, 6.45) is 3.91. The van der Waals surface area contributed by atoms with Crippen LogP contribution in [-0.4, -0.2) is 61.3 Å². The second-order valence-electron chi connectivity index (χ2n) is 12.6. The van der Waals surface area contributed by atoms with E-state index in [1.165, 1.54) is 12.1 Å². The zero-order chi connectivity index (χ0) is 35.5. The molecule has 0 saturated carbocycles. The first kappa shape index (κ1) is 33.1. The van der Waals surface area contributed by atoms with Crippen LogP contribution in [0.4, 0.5) is 0 Å². The number of aliphatic hydroxyl groups excluding tert-OH is 1. The van der Waals surface area contributed by atoms with Crippen molar-refractivity contribution in [2.24, 2.45) is 5.41 Å². The summed E-state index contributed by atoms with van der Waals surface area (Å²) < 4.78 is 10.8. The maximum absolute atomic E-state index is 14.4. The van der Waals surface area contributed by atoms with Gasteiger partial charge in [-0.3, -0.25) is 14.4 Å². The summed E-state index contributed by atoms with van der Waals surface area (Å²) in [6.45, 7) is 3.69. The largest absolute Gasteiger partial charge is 0.507 e. The molecule has 6 N–H and O–H groups in total. The van der Waals surface area contributed by atoms with Crippen LogP contribution in [0.25, 0.3) is 5.76 Å². The van der Waals surface area contributed by atoms with Crippen molar-refractivity contribution in [3.63, 3.8) is 0 Å². The number of phenols is 5. The SMILES string of the molecule is CCCCCC(=O)O[C@H]1c2cc(C)cc(O)c2C(O)=C2C(=O)[C@@H]3C=C[C@]21Cc1cc(O)c(C(=O)c2c(O)ccc(O)c2C(=O)OC)c(O)c13. The number of benzene rings is 3. The third kappa shape index (κ3) is 4.97. The second kappa shape index (κ2) is 12.0. The third-order valence-electron chi connectivity index (χ3n) is 9.53. The number of rotatable bonds is 8. The van der Waals surface area contributed by atoms with Crippen molar-refractivity contribution in [2.75, 3.05) is 7.11 Å². The predicted octanol–water partition coefficient (Wildman–Crippen LogP) is 5.45. The molecule has 1 spiro atoms. The zero-order valence-corrected chi connectivity index (χ0v) is 26.9. The number of ether oxygens (including phenoxy) is 2. The van der Waals surface area contributed by atoms with E-state index in [9.17, 15) is 49.8 Å². The number of allylic oxidation sites excluding steroid dienone is 1. The minimum atomic E-state index is -1.55. The number of carbonyl (C=O) groups excluding carboxylic acids is 4. The van der Waals surface area contributed by atoms with Gasteiger partial charge in [-0.2, -0.15) is 0 Å². The lowest BCUT2D eigenvalue weighted by Crippen LogP contribution is -2.42. The average molecular weight is 671 g/mol. The Bertz CT molecular complexity index is 2040. The van der Waals surface area contributed by atoms with Crippen LogP contribution in [0.15, 0.2) is 48.1 Å². The molecule has 49 heavy (non-hydrogen) atoms. The third-order valence-corrected chi connectivity index (χ3v) is 9.53. The molecule has 0 unspecified atom stereocenters. The molecule has 0 fully saturated rings. The van der Waals surface area contributed by atoms with E-state index < -0.39 is 86.4 Å². The van der Waals surface area contributed by atoms with Gasteiger partial charge in [-0.25, -0.2) is 4.79 Å². The van der Waals surface area contributed by atoms with Crippen LogP contribution in [0.3, 0.4) is 0 Å². The number of phenolic OH excluding ortho intramolecular Hbond substituents is 5. The lowest BCUT2D eigenvalue weighted by Gasteiger charge is -2.44. The number of aromatic hydroxyl groups is 5. The molecule has 3 aromatic carbocycles. The number of ketones is 2. The highest BCUT2D eigenvalue weighted by Crippen LogP contribution is 2.62. The normalized spacial score (nSPS) is 20.3. The Balaban J connectivity index is 1.56. The highest BCUT2D eigenvalue weighted by atomic mass is 16.5. The van der Waals surface area contributed by atoms with Crippen molar-refractivity contribution in [2.45, 2.75) is 58.0 Å². The van der Waals surface area contributed by atoms with Gasteiger partial charge in [0.2, 0.25) is 5.78 Å². The molecule has 4 aliphatic carbocycles. The number of Topliss-reactive ketones (excluding diaryl/α,β-unsaturated/α-hetero) is 1. The summed E-state index contributed by atoms with van der Waals surface area (Å²) in [5.74, 6) is -9.00. The Morgan fingerprint density at radius 3 is 2.27 bits per heavy atom. The zero-order valence-electron chi connectivity index (χ0n) is 26.9. The van der Waals surface area contributed by atoms with Crippen LogP contribution in [0.5, 0.6) is 28.7 Å². The van der Waals surface area contributed by atoms with Gasteiger partial charge in [-0.05, 0) is 55.2 Å². The molecule has 3 atom stereocenters. The lowest BCUT2D eigenvalue weighted by atomic mass is 9.61. The number of carbonyl (C=O) groups is 4. The first-order valence-electron chi connectivity index (χ1n) is 15.7. The molecule has 7 rings (SSSR count). The van der Waals surface area contributed by atoms with Crippen molar-refractivity contribution < 1.29 is 59.3 Å². The maximum atomic E-state index is 14.4. The van der Waals surface area contributed by atoms with Gasteiger partial charge in [0.05, 0.1) is 35.1 Å². The Morgan fingerprint density at radius 2 is 1.59 bits per heavy atom. The number of hydrogen-bond acceptors (Lipinski definition) is 12. The second-order valence-corrected chi connectivity index (χ2v) is 12.6. The van der Waals surface area contributed by atoms with Crippen LogP contribution in [0.1, 0.15) is 98.7 Å². The predicted molar refractivity (Wildman–Crippen MR) is 173 cm³/mol. The number of unbranched alkanes of at least 4 members (excludes halogenated alkanes) is 2. The van der Waals surface area contributed by atoms with Gasteiger partial charge in [0.25, 0.3) is 0 Å². The molecule has 2 bridgehead atoms. The molecule has 0 aliphatic heterocycles. The topological polar surface area (TPSA) is 208 Å². The molecule has 0 aromatic heterocycles. The summed E-state index contributed by atoms with van der Waals surface area (Å²) >= 11 is 0. The van der Waals surface area contributed by atoms with Gasteiger partial charge in [0.1, 0.15) is 51.7 Å². The number of esters is 2. The number of hydrogen-bond donors (Lipinski definition) is 6. The maximum Gasteiger partial charge on any atom is 0.342 e. The van der Waals surface area contributed by atoms with E-state index in [-0.39, 0.29) is 46.4 Å². The van der Waals surface area contributed by atoms with Gasteiger partial charge < -0.3 is 40.1 Å². The van der Waals surface area contributed by atoms with Gasteiger partial charge in [0.15, 0.2) is 5.78 Å². The summed E-state index contributed by atoms with van der Waals surface area (Å²) in [5, 5.41) is 66.6. The Labute approximate surface area is 280 Å². The Kier molecular flexibility index (Phi) is 8.13. The number of aliphatic hydroxyl groups is 1. The first-order valence-corrected chi connectivity index (χ1v) is 15.7. The molecular weight excluding hydrogens is 636 g/mol. The van der Waals surface area contributed by atoms with E-state index in [0.717, 1.165) is 38.2 Å². The Hall–Kier alpha value is -5.78. The van der Waals surface area contributed by atoms with Crippen LogP contribution in [0.2, 0.25) is 0 Å². The van der Waals surface area contributed by atoms with Crippen molar-refractivity contribution in [3.8, 4) is 28.7 Å². The molecule has 3 aromatic rings. The minimum absolute atomic E-state index is 0.0754. The van der Waals surface area contributed by atoms with E-state index in [4.69, 9.17) is 4.74 Å². The molecule has 12 nitrogen and oxygen atoms in total. The van der Waals surface area contributed by atoms with Gasteiger partial charge >= 0.3 is 11.9 Å². The highest BCUT2D eigenvalue weighted by Gasteiger charge is 2.58. The first-order chi connectivity index (χ1) is 23.3. The molecule has 0 radical (unpaired) electrons. The molecule has 0 heterocycles. The van der Waals surface area contributed by atoms with E-state index >= 15 is 0 Å². The van der Waals surface area contributed by atoms with Crippen molar-refractivity contribution in [1.82, 2.24) is 0 Å². The number of methoxy groups -OCH3 is 1. The highest BCUT2D eigenvalue weighted by molar-refractivity contribution is 6.20. The summed E-state index contributed by atoms with van der Waals surface area (Å²) in [7, 11) is 0.990. The van der Waals surface area contributed by atoms with Crippen LogP contribution in [0, 0.1) is 12.3 Å². The van der Waals surface area contributed by atoms with E-state index in [0.29, 0.717) is 12.0 Å². The van der Waals surface area contributed by atoms with Crippen molar-refractivity contribution in [1.29, 1.82) is 0 Å². The fourth-order valence-corrected chi connectivity index (χ4v) is 7.39. The van der Waals surface area contributed by atoms with Crippen molar-refractivity contribution in [3.05, 3.63) is 92.6 Å². The standard InChI is InChI=1S/C37H34O12/c1-4-5-6-7-24(42)49-35-19-12-16(2)13-22(40)26(19)34(46)30-31(43)18-10-11-37(30,35)15-17-14-23(41)29(32(44)25(17)18)33(45)27-20(38)8-9-21(39)28(27)36(47)48-3/h8-14,18,35,38-41,44,46H,4-7,15H2,1-3H3/t18-,35+,37+/m1/s1. The molecule has 254 valence electrons. The molecular formula is C37H34O12. The summed E-state index contributed by atoms with van der Waals surface area (Å²) in [5.41, 5.74) is -3.13. The average Bonchev–Trinajstić information content (AvgIpc) is 3.26. The number of fused-ring (bicyclic) bond motifs is 1. The Morgan fingerprint density at radius 1 is 0.898 bits per heavy atom. The minimum Gasteiger partial charge on any atom is -0.507 e. The fraction of sp³-hybridized carbons (Fsp3) is 0.297. The van der Waals surface area contributed by atoms with Gasteiger partial charge in [0, 0.05) is 17.5 Å². The quantitative estimate of drug-likeness (QED) is 0.0581. The fourth-order valence-electron chi connectivity index (χ4n) is 7.39. The van der Waals surface area contributed by atoms with Crippen LogP contribution in [-0.2, 0) is 25.5 Å². The lowest BCUT2D eigenvalue weighted by molar-refractivity contribution is -0.155. The smallest absolute Gasteiger partial charge is 0.342 e. The van der Waals surface area contributed by atoms with Gasteiger partial charge in [-0.15, -0.1) is 0 Å². The molecule has 0 saturated heterocycles. The van der Waals surface area contributed by atoms with Crippen LogP contribution < -0.4 is 0 Å². The monoisotopic (exact) mass is 670 g/mol. The summed E-state index contributed by atoms with van der Waals surface area (Å²) in [4.78, 5) is 54.1. The van der Waals surface area contributed by atoms with E-state index in [1.54, 1.807) is 19.1 Å². The molecule has 12 heteroatoms. The van der Waals surface area contributed by atoms with E-state index in [1.807, 2.05) is 6.92 Å². The van der Waals surface area contributed by atoms with E-state index in [2.05, 4.69) is 4.74 Å². The van der Waals surface area contributed by atoms with Crippen molar-refractivity contribution >= 4 is 29.3 Å². The van der Waals surface area contributed by atoms with Crippen LogP contribution >= 0.6 is 0 Å². The van der Waals surface area contributed by atoms with Gasteiger partial charge in [-0.1, -0.05) is 38.0 Å².